The second-order valence-electron chi connectivity index (χ2n) is 5.67. The number of aliphatic carboxylic acids is 1. The van der Waals surface area contributed by atoms with Gasteiger partial charge in [0.15, 0.2) is 0 Å². The molecule has 0 aliphatic carbocycles. The molecule has 1 atom stereocenters. The Kier molecular flexibility index (Phi) is 5.17. The molecule has 5 nitrogen and oxygen atoms in total. The number of carboxylic acids is 1. The second kappa shape index (κ2) is 6.88. The minimum absolute atomic E-state index is 0.218. The number of nitrogens with zero attached hydrogens (tertiary/aromatic N) is 3. The fraction of sp³-hybridized carbons (Fsp3) is 0.733. The van der Waals surface area contributed by atoms with Gasteiger partial charge in [-0.05, 0) is 38.3 Å². The Morgan fingerprint density at radius 2 is 2.25 bits per heavy atom. The quantitative estimate of drug-likeness (QED) is 0.869. The van der Waals surface area contributed by atoms with Crippen molar-refractivity contribution in [2.24, 2.45) is 5.92 Å². The summed E-state index contributed by atoms with van der Waals surface area (Å²) in [6.45, 7) is 6.74. The lowest BCUT2D eigenvalue weighted by atomic mass is 9.98. The van der Waals surface area contributed by atoms with Gasteiger partial charge in [0.25, 0.3) is 0 Å². The van der Waals surface area contributed by atoms with Crippen molar-refractivity contribution in [2.75, 3.05) is 13.1 Å². The van der Waals surface area contributed by atoms with Crippen LogP contribution >= 0.6 is 0 Å². The van der Waals surface area contributed by atoms with Crippen molar-refractivity contribution in [3.8, 4) is 0 Å². The van der Waals surface area contributed by atoms with Gasteiger partial charge in [-0.15, -0.1) is 0 Å². The Labute approximate surface area is 120 Å². The summed E-state index contributed by atoms with van der Waals surface area (Å²) >= 11 is 0. The van der Waals surface area contributed by atoms with Gasteiger partial charge >= 0.3 is 5.97 Å². The highest BCUT2D eigenvalue weighted by atomic mass is 16.4. The van der Waals surface area contributed by atoms with Gasteiger partial charge in [-0.3, -0.25) is 14.4 Å². The minimum atomic E-state index is -0.669. The molecule has 2 rings (SSSR count). The van der Waals surface area contributed by atoms with Crippen LogP contribution in [0.3, 0.4) is 0 Å². The van der Waals surface area contributed by atoms with E-state index in [1.165, 1.54) is 0 Å². The third-order valence-corrected chi connectivity index (χ3v) is 4.22. The molecule has 1 N–H and O–H groups in total. The van der Waals surface area contributed by atoms with Crippen molar-refractivity contribution >= 4 is 5.97 Å². The molecule has 0 amide bonds. The predicted octanol–water partition coefficient (Wildman–Crippen LogP) is 2.54. The van der Waals surface area contributed by atoms with Crippen LogP contribution in [0.2, 0.25) is 0 Å². The van der Waals surface area contributed by atoms with E-state index < -0.39 is 5.97 Å². The van der Waals surface area contributed by atoms with Crippen molar-refractivity contribution < 1.29 is 9.90 Å². The maximum absolute atomic E-state index is 11.1. The monoisotopic (exact) mass is 279 g/mol. The zero-order chi connectivity index (χ0) is 14.5. The molecule has 1 aromatic heterocycles. The Balaban J connectivity index is 1.94. The normalized spacial score (nSPS) is 20.4. The van der Waals surface area contributed by atoms with Crippen LogP contribution in [0.5, 0.6) is 0 Å². The number of aromatic nitrogens is 2. The van der Waals surface area contributed by atoms with E-state index in [0.29, 0.717) is 12.6 Å². The van der Waals surface area contributed by atoms with E-state index in [-0.39, 0.29) is 5.92 Å². The Morgan fingerprint density at radius 3 is 2.90 bits per heavy atom. The van der Waals surface area contributed by atoms with Gasteiger partial charge < -0.3 is 5.11 Å². The zero-order valence-corrected chi connectivity index (χ0v) is 12.5. The van der Waals surface area contributed by atoms with Crippen molar-refractivity contribution in [1.29, 1.82) is 0 Å². The zero-order valence-electron chi connectivity index (χ0n) is 12.5. The van der Waals surface area contributed by atoms with Crippen molar-refractivity contribution in [2.45, 2.75) is 52.1 Å². The molecular weight excluding hydrogens is 254 g/mol. The van der Waals surface area contributed by atoms with E-state index in [1.54, 1.807) is 0 Å². The molecule has 1 aliphatic heterocycles. The summed E-state index contributed by atoms with van der Waals surface area (Å²) in [6, 6.07) is 2.53. The molecule has 0 saturated carbocycles. The van der Waals surface area contributed by atoms with Gasteiger partial charge in [0.1, 0.15) is 0 Å². The minimum Gasteiger partial charge on any atom is -0.481 e. The number of likely N-dealkylation sites (tertiary alicyclic amines) is 1. The van der Waals surface area contributed by atoms with Crippen molar-refractivity contribution in [3.63, 3.8) is 0 Å². The van der Waals surface area contributed by atoms with Crippen molar-refractivity contribution in [1.82, 2.24) is 14.7 Å². The summed E-state index contributed by atoms with van der Waals surface area (Å²) in [5, 5.41) is 13.8. The van der Waals surface area contributed by atoms with Gasteiger partial charge in [0.2, 0.25) is 0 Å². The Morgan fingerprint density at radius 1 is 1.50 bits per heavy atom. The van der Waals surface area contributed by atoms with Crippen molar-refractivity contribution in [3.05, 3.63) is 18.0 Å². The second-order valence-corrected chi connectivity index (χ2v) is 5.67. The summed E-state index contributed by atoms with van der Waals surface area (Å²) in [5.41, 5.74) is 1.04. The Hall–Kier alpha value is -1.36. The van der Waals surface area contributed by atoms with E-state index in [9.17, 15) is 4.79 Å². The lowest BCUT2D eigenvalue weighted by molar-refractivity contribution is -0.143. The molecular formula is C15H25N3O2. The average molecular weight is 279 g/mol. The van der Waals surface area contributed by atoms with E-state index in [2.05, 4.69) is 29.9 Å². The summed E-state index contributed by atoms with van der Waals surface area (Å²) in [4.78, 5) is 13.3. The molecule has 1 saturated heterocycles. The van der Waals surface area contributed by atoms with Gasteiger partial charge in [0, 0.05) is 19.3 Å². The first kappa shape index (κ1) is 15.0. The maximum atomic E-state index is 11.1. The molecule has 1 aliphatic rings. The van der Waals surface area contributed by atoms with Crippen LogP contribution in [0.15, 0.2) is 12.3 Å². The first-order chi connectivity index (χ1) is 9.63. The Bertz CT molecular complexity index is 440. The van der Waals surface area contributed by atoms with Gasteiger partial charge in [-0.25, -0.2) is 0 Å². The summed E-state index contributed by atoms with van der Waals surface area (Å²) in [6.07, 6.45) is 5.98. The molecule has 20 heavy (non-hydrogen) atoms. The fourth-order valence-electron chi connectivity index (χ4n) is 2.96. The first-order valence-corrected chi connectivity index (χ1v) is 7.63. The molecule has 112 valence electrons. The standard InChI is InChI=1S/C15H25N3O2/c1-3-14(4-2)18-9-7-13(16-18)11-17-8-5-6-12(10-17)15(19)20/h7,9,12,14H,3-6,8,10-11H2,1-2H3,(H,19,20). The van der Waals surface area contributed by atoms with Crippen LogP contribution in [0.4, 0.5) is 0 Å². The van der Waals surface area contributed by atoms with E-state index in [4.69, 9.17) is 5.11 Å². The first-order valence-electron chi connectivity index (χ1n) is 7.63. The smallest absolute Gasteiger partial charge is 0.307 e. The number of carbonyl (C=O) groups is 1. The van der Waals surface area contributed by atoms with Gasteiger partial charge in [-0.2, -0.15) is 5.10 Å². The molecule has 0 aromatic carbocycles. The molecule has 0 radical (unpaired) electrons. The largest absolute Gasteiger partial charge is 0.481 e. The van der Waals surface area contributed by atoms with Crippen LogP contribution in [0.1, 0.15) is 51.3 Å². The van der Waals surface area contributed by atoms with Gasteiger partial charge in [-0.1, -0.05) is 13.8 Å². The highest BCUT2D eigenvalue weighted by Gasteiger charge is 2.25. The molecule has 0 spiro atoms. The SMILES string of the molecule is CCC(CC)n1ccc(CN2CCCC(C(=O)O)C2)n1. The number of piperidine rings is 1. The van der Waals surface area contributed by atoms with E-state index >= 15 is 0 Å². The molecule has 2 heterocycles. The molecule has 1 unspecified atom stereocenters. The van der Waals surface area contributed by atoms with Crippen LogP contribution in [0.25, 0.3) is 0 Å². The highest BCUT2D eigenvalue weighted by molar-refractivity contribution is 5.70. The van der Waals surface area contributed by atoms with E-state index in [0.717, 1.165) is 44.5 Å². The molecule has 1 fully saturated rings. The number of hydrogen-bond donors (Lipinski definition) is 1. The molecule has 0 bridgehead atoms. The van der Waals surface area contributed by atoms with E-state index in [1.807, 2.05) is 10.9 Å². The summed E-state index contributed by atoms with van der Waals surface area (Å²) in [7, 11) is 0. The predicted molar refractivity (Wildman–Crippen MR) is 77.5 cm³/mol. The number of hydrogen-bond acceptors (Lipinski definition) is 3. The lowest BCUT2D eigenvalue weighted by Crippen LogP contribution is -2.38. The molecule has 1 aromatic rings. The third kappa shape index (κ3) is 3.60. The van der Waals surface area contributed by atoms with Gasteiger partial charge in [0.05, 0.1) is 17.7 Å². The number of rotatable bonds is 6. The summed E-state index contributed by atoms with van der Waals surface area (Å²) < 4.78 is 2.05. The van der Waals surface area contributed by atoms with Crippen LogP contribution in [-0.2, 0) is 11.3 Å². The molecule has 5 heteroatoms. The summed E-state index contributed by atoms with van der Waals surface area (Å²) in [5.74, 6) is -0.887. The highest BCUT2D eigenvalue weighted by Crippen LogP contribution is 2.19. The average Bonchev–Trinajstić information content (AvgIpc) is 2.89. The maximum Gasteiger partial charge on any atom is 0.307 e. The number of carboxylic acid groups (broad SMARTS) is 1. The topological polar surface area (TPSA) is 58.4 Å². The van der Waals surface area contributed by atoms with Crippen LogP contribution in [0, 0.1) is 5.92 Å². The lowest BCUT2D eigenvalue weighted by Gasteiger charge is -2.29. The van der Waals surface area contributed by atoms with Crippen LogP contribution < -0.4 is 0 Å². The third-order valence-electron chi connectivity index (χ3n) is 4.22. The fourth-order valence-corrected chi connectivity index (χ4v) is 2.96. The van der Waals surface area contributed by atoms with Crippen LogP contribution in [-0.4, -0.2) is 38.8 Å².